The lowest BCUT2D eigenvalue weighted by atomic mass is 9.80. The van der Waals surface area contributed by atoms with Crippen LogP contribution in [0.3, 0.4) is 0 Å². The van der Waals surface area contributed by atoms with Gasteiger partial charge in [-0.2, -0.15) is 0 Å². The maximum atomic E-state index is 14.6. The van der Waals surface area contributed by atoms with Crippen LogP contribution in [-0.2, 0) is 10.7 Å². The Bertz CT molecular complexity index is 1880. The molecule has 1 aliphatic carbocycles. The Labute approximate surface area is 285 Å². The number of rotatable bonds is 10. The van der Waals surface area contributed by atoms with Crippen molar-refractivity contribution < 1.29 is 23.1 Å². The number of esters is 1. The van der Waals surface area contributed by atoms with Gasteiger partial charge < -0.3 is 15.0 Å². The average molecular weight is 657 g/mol. The molecule has 49 heavy (non-hydrogen) atoms. The van der Waals surface area contributed by atoms with Gasteiger partial charge >= 0.3 is 5.97 Å². The van der Waals surface area contributed by atoms with Crippen molar-refractivity contribution in [2.45, 2.75) is 37.5 Å². The molecule has 1 N–H and O–H groups in total. The number of carbonyl (C=O) groups excluding carboxylic acids is 2. The van der Waals surface area contributed by atoms with Gasteiger partial charge in [0, 0.05) is 41.5 Å². The van der Waals surface area contributed by atoms with Gasteiger partial charge in [0.15, 0.2) is 0 Å². The molecule has 1 amide bonds. The zero-order valence-corrected chi connectivity index (χ0v) is 27.1. The van der Waals surface area contributed by atoms with E-state index in [9.17, 15) is 18.4 Å². The van der Waals surface area contributed by atoms with Gasteiger partial charge in [-0.3, -0.25) is 9.59 Å². The molecule has 2 aliphatic rings. The fourth-order valence-electron chi connectivity index (χ4n) is 6.86. The first-order valence-corrected chi connectivity index (χ1v) is 16.9. The number of hydrogen-bond acceptors (Lipinski definition) is 4. The monoisotopic (exact) mass is 656 g/mol. The molecule has 5 aromatic rings. The van der Waals surface area contributed by atoms with Crippen LogP contribution in [0.25, 0.3) is 11.1 Å². The summed E-state index contributed by atoms with van der Waals surface area (Å²) < 4.78 is 35.0. The van der Waals surface area contributed by atoms with Crippen molar-refractivity contribution in [1.29, 1.82) is 0 Å². The van der Waals surface area contributed by atoms with E-state index < -0.39 is 11.8 Å². The van der Waals surface area contributed by atoms with E-state index in [0.29, 0.717) is 41.0 Å². The summed E-state index contributed by atoms with van der Waals surface area (Å²) in [6.45, 7) is 1.58. The van der Waals surface area contributed by atoms with E-state index in [1.54, 1.807) is 36.4 Å². The molecule has 1 saturated carbocycles. The predicted molar refractivity (Wildman–Crippen MR) is 189 cm³/mol. The number of anilines is 2. The van der Waals surface area contributed by atoms with E-state index in [-0.39, 0.29) is 29.3 Å². The van der Waals surface area contributed by atoms with Gasteiger partial charge in [-0.15, -0.1) is 0 Å². The molecule has 248 valence electrons. The van der Waals surface area contributed by atoms with Gasteiger partial charge in [-0.25, -0.2) is 8.78 Å². The Morgan fingerprint density at radius 1 is 0.714 bits per heavy atom. The number of hydrogen-bond donors (Lipinski definition) is 1. The summed E-state index contributed by atoms with van der Waals surface area (Å²) in [5.74, 6) is -3.57. The predicted octanol–water partition coefficient (Wildman–Crippen LogP) is 9.71. The van der Waals surface area contributed by atoms with Gasteiger partial charge in [0.05, 0.1) is 5.92 Å². The molecule has 5 nitrogen and oxygen atoms in total. The Morgan fingerprint density at radius 2 is 1.33 bits per heavy atom. The largest absolute Gasteiger partial charge is 0.426 e. The molecule has 7 heteroatoms. The quantitative estimate of drug-likeness (QED) is 0.120. The van der Waals surface area contributed by atoms with Gasteiger partial charge in [0.1, 0.15) is 5.75 Å². The number of piperidine rings is 1. The average Bonchev–Trinajstić information content (AvgIpc) is 4.00. The number of nitrogens with zero attached hydrogens (tertiary/aromatic N) is 1. The van der Waals surface area contributed by atoms with E-state index in [4.69, 9.17) is 4.74 Å². The number of para-hydroxylation sites is 1. The molecule has 0 radical (unpaired) electrons. The van der Waals surface area contributed by atoms with Crippen molar-refractivity contribution in [3.63, 3.8) is 0 Å². The molecule has 0 aromatic heterocycles. The van der Waals surface area contributed by atoms with E-state index in [0.717, 1.165) is 37.2 Å². The van der Waals surface area contributed by atoms with Crippen LogP contribution < -0.4 is 15.0 Å². The van der Waals surface area contributed by atoms with Crippen molar-refractivity contribution >= 4 is 23.3 Å². The Balaban J connectivity index is 0.991. The summed E-state index contributed by atoms with van der Waals surface area (Å²) in [6.07, 6.45) is 2.77. The second kappa shape index (κ2) is 14.0. The minimum Gasteiger partial charge on any atom is -0.426 e. The topological polar surface area (TPSA) is 58.6 Å². The molecular formula is C42H38F2N2O3. The van der Waals surface area contributed by atoms with Crippen LogP contribution in [0.2, 0.25) is 0 Å². The first-order chi connectivity index (χ1) is 23.9. The number of carbonyl (C=O) groups is 2. The van der Waals surface area contributed by atoms with Crippen LogP contribution in [0.15, 0.2) is 133 Å². The number of benzene rings is 5. The highest BCUT2D eigenvalue weighted by Crippen LogP contribution is 2.49. The number of nitrogens with one attached hydrogen (secondary N) is 1. The number of halogens is 2. The summed E-state index contributed by atoms with van der Waals surface area (Å²) in [6, 6.07) is 40.4. The fraction of sp³-hybridized carbons (Fsp3) is 0.238. The van der Waals surface area contributed by atoms with Crippen molar-refractivity contribution in [2.75, 3.05) is 23.3 Å². The summed E-state index contributed by atoms with van der Waals surface area (Å²) in [5.41, 5.74) is 4.55. The molecule has 0 spiro atoms. The van der Waals surface area contributed by atoms with Gasteiger partial charge in [-0.1, -0.05) is 91.0 Å². The summed E-state index contributed by atoms with van der Waals surface area (Å²) >= 11 is 0. The number of alkyl halides is 2. The zero-order valence-electron chi connectivity index (χ0n) is 27.1. The van der Waals surface area contributed by atoms with E-state index >= 15 is 0 Å². The van der Waals surface area contributed by atoms with E-state index in [1.807, 2.05) is 84.9 Å². The SMILES string of the molecule is O=C(Nc1ccc(N2CCC(C(C(=O)Oc3ccccc3)c3ccccc3)CC2)cc1)c1ccccc1-c1ccc(C(F)(F)C2CC2)cc1. The lowest BCUT2D eigenvalue weighted by Crippen LogP contribution is -2.38. The second-order valence-corrected chi connectivity index (χ2v) is 13.0. The van der Waals surface area contributed by atoms with E-state index in [1.165, 1.54) is 12.1 Å². The van der Waals surface area contributed by atoms with Crippen molar-refractivity contribution in [3.8, 4) is 16.9 Å². The van der Waals surface area contributed by atoms with Crippen LogP contribution in [0, 0.1) is 11.8 Å². The number of amides is 1. The first kappa shape index (κ1) is 32.3. The Morgan fingerprint density at radius 3 is 1.98 bits per heavy atom. The van der Waals surface area contributed by atoms with Crippen LogP contribution in [0.5, 0.6) is 5.75 Å². The van der Waals surface area contributed by atoms with Crippen LogP contribution in [-0.4, -0.2) is 25.0 Å². The Kier molecular flexibility index (Phi) is 9.25. The highest BCUT2D eigenvalue weighted by atomic mass is 19.3. The third-order valence-electron chi connectivity index (χ3n) is 9.72. The minimum absolute atomic E-state index is 0.0200. The van der Waals surface area contributed by atoms with Crippen LogP contribution >= 0.6 is 0 Å². The smallest absolute Gasteiger partial charge is 0.319 e. The van der Waals surface area contributed by atoms with Crippen LogP contribution in [0.1, 0.15) is 53.1 Å². The van der Waals surface area contributed by atoms with Crippen molar-refractivity contribution in [3.05, 3.63) is 150 Å². The molecule has 1 unspecified atom stereocenters. The zero-order chi connectivity index (χ0) is 33.8. The molecule has 5 aromatic carbocycles. The third-order valence-corrected chi connectivity index (χ3v) is 9.72. The molecule has 7 rings (SSSR count). The highest BCUT2D eigenvalue weighted by molar-refractivity contribution is 6.08. The van der Waals surface area contributed by atoms with Gasteiger partial charge in [-0.05, 0) is 90.8 Å². The summed E-state index contributed by atoms with van der Waals surface area (Å²) in [7, 11) is 0. The standard InChI is InChI=1S/C42H38F2N2O3/c43-42(44,33-19-20-33)32-17-15-29(16-18-32)37-13-7-8-14-38(37)40(47)45-34-21-23-35(24-22-34)46-27-25-31(26-28-46)39(30-9-3-1-4-10-30)41(48)49-36-11-5-2-6-12-36/h1-18,21-24,31,33,39H,19-20,25-28H2,(H,45,47). The molecule has 1 aliphatic heterocycles. The second-order valence-electron chi connectivity index (χ2n) is 13.0. The highest BCUT2D eigenvalue weighted by Gasteiger charge is 2.47. The lowest BCUT2D eigenvalue weighted by molar-refractivity contribution is -0.137. The minimum atomic E-state index is -2.82. The maximum absolute atomic E-state index is 14.6. The normalized spacial score (nSPS) is 15.8. The van der Waals surface area contributed by atoms with Crippen molar-refractivity contribution in [2.24, 2.45) is 11.8 Å². The first-order valence-electron chi connectivity index (χ1n) is 16.9. The molecule has 1 heterocycles. The van der Waals surface area contributed by atoms with Gasteiger partial charge in [0.2, 0.25) is 0 Å². The number of ether oxygens (including phenoxy) is 1. The van der Waals surface area contributed by atoms with Crippen molar-refractivity contribution in [1.82, 2.24) is 0 Å². The molecule has 1 atom stereocenters. The summed E-state index contributed by atoms with van der Waals surface area (Å²) in [5, 5.41) is 3.00. The molecule has 1 saturated heterocycles. The molecular weight excluding hydrogens is 618 g/mol. The van der Waals surface area contributed by atoms with E-state index in [2.05, 4.69) is 10.2 Å². The fourth-order valence-corrected chi connectivity index (χ4v) is 6.86. The maximum Gasteiger partial charge on any atom is 0.319 e. The molecule has 0 bridgehead atoms. The molecule has 2 fully saturated rings. The Hall–Kier alpha value is -5.30. The van der Waals surface area contributed by atoms with Crippen LogP contribution in [0.4, 0.5) is 20.2 Å². The summed E-state index contributed by atoms with van der Waals surface area (Å²) in [4.78, 5) is 29.2. The van der Waals surface area contributed by atoms with Gasteiger partial charge in [0.25, 0.3) is 11.8 Å². The lowest BCUT2D eigenvalue weighted by Gasteiger charge is -2.36. The third kappa shape index (κ3) is 7.26.